The van der Waals surface area contributed by atoms with Crippen molar-refractivity contribution in [3.63, 3.8) is 0 Å². The summed E-state index contributed by atoms with van der Waals surface area (Å²) in [6, 6.07) is 0.0120. The van der Waals surface area contributed by atoms with Crippen LogP contribution >= 0.6 is 0 Å². The van der Waals surface area contributed by atoms with E-state index in [1.54, 1.807) is 4.90 Å². The lowest BCUT2D eigenvalue weighted by atomic mass is 9.81. The van der Waals surface area contributed by atoms with Crippen molar-refractivity contribution in [2.24, 2.45) is 34.8 Å². The Hall–Kier alpha value is -2.05. The van der Waals surface area contributed by atoms with Gasteiger partial charge in [0.2, 0.25) is 11.8 Å². The van der Waals surface area contributed by atoms with Gasteiger partial charge in [0, 0.05) is 19.1 Å². The van der Waals surface area contributed by atoms with Crippen LogP contribution in [0.2, 0.25) is 0 Å². The summed E-state index contributed by atoms with van der Waals surface area (Å²) in [5.74, 6) is -0.888. The Labute approximate surface area is 166 Å². The molecule has 2 unspecified atom stereocenters. The van der Waals surface area contributed by atoms with Gasteiger partial charge in [-0.25, -0.2) is 4.79 Å². The monoisotopic (exact) mass is 389 g/mol. The second-order valence-electron chi connectivity index (χ2n) is 9.87. The molecular formula is C21H31N3O4. The molecule has 4 aliphatic rings. The van der Waals surface area contributed by atoms with Gasteiger partial charge in [0.1, 0.15) is 5.60 Å². The van der Waals surface area contributed by atoms with E-state index in [1.807, 2.05) is 20.8 Å². The van der Waals surface area contributed by atoms with Gasteiger partial charge in [0.15, 0.2) is 0 Å². The van der Waals surface area contributed by atoms with Crippen LogP contribution in [0.1, 0.15) is 46.5 Å². The normalized spacial score (nSPS) is 33.2. The lowest BCUT2D eigenvalue weighted by Crippen LogP contribution is -2.50. The zero-order valence-corrected chi connectivity index (χ0v) is 16.9. The highest BCUT2D eigenvalue weighted by molar-refractivity contribution is 5.89. The van der Waals surface area contributed by atoms with Crippen molar-refractivity contribution in [2.75, 3.05) is 13.1 Å². The molecule has 1 heterocycles. The molecule has 2 bridgehead atoms. The number of nitrogens with two attached hydrogens (primary N) is 1. The smallest absolute Gasteiger partial charge is 0.410 e. The van der Waals surface area contributed by atoms with Gasteiger partial charge in [-0.3, -0.25) is 9.59 Å². The number of piperidine rings is 1. The van der Waals surface area contributed by atoms with Crippen molar-refractivity contribution < 1.29 is 19.1 Å². The molecule has 2 saturated carbocycles. The molecular weight excluding hydrogens is 358 g/mol. The van der Waals surface area contributed by atoms with E-state index in [4.69, 9.17) is 10.5 Å². The van der Waals surface area contributed by atoms with E-state index >= 15 is 0 Å². The van der Waals surface area contributed by atoms with Crippen LogP contribution in [-0.4, -0.2) is 47.5 Å². The number of ether oxygens (including phenoxy) is 1. The molecule has 3 amide bonds. The van der Waals surface area contributed by atoms with Gasteiger partial charge in [0.05, 0.1) is 11.8 Å². The van der Waals surface area contributed by atoms with E-state index in [0.717, 1.165) is 12.8 Å². The number of hydrogen-bond acceptors (Lipinski definition) is 4. The number of hydrogen-bond donors (Lipinski definition) is 2. The Morgan fingerprint density at radius 2 is 1.64 bits per heavy atom. The molecule has 1 spiro atoms. The fourth-order valence-corrected chi connectivity index (χ4v) is 5.57. The number of carbonyl (C=O) groups excluding carboxylic acids is 3. The van der Waals surface area contributed by atoms with E-state index in [-0.39, 0.29) is 53.0 Å². The molecule has 3 fully saturated rings. The first-order valence-electron chi connectivity index (χ1n) is 10.4. The van der Waals surface area contributed by atoms with Crippen LogP contribution in [0.5, 0.6) is 0 Å². The molecule has 7 nitrogen and oxygen atoms in total. The van der Waals surface area contributed by atoms with E-state index in [0.29, 0.717) is 25.9 Å². The number of rotatable bonds is 3. The highest BCUT2D eigenvalue weighted by atomic mass is 16.6. The average Bonchev–Trinajstić information content (AvgIpc) is 3.26. The molecule has 0 aromatic rings. The predicted octanol–water partition coefficient (Wildman–Crippen LogP) is 1.82. The SMILES string of the molecule is CC(C)(C)OC(=O)N1CCC(NC(=O)C2C(C(N)=O)[C@@H]3C=C[C@H]2C32CC2)CC1. The molecule has 0 radical (unpaired) electrons. The van der Waals surface area contributed by atoms with Gasteiger partial charge in [0.25, 0.3) is 0 Å². The van der Waals surface area contributed by atoms with Crippen LogP contribution < -0.4 is 11.1 Å². The molecule has 3 aliphatic carbocycles. The molecule has 4 atom stereocenters. The highest BCUT2D eigenvalue weighted by Crippen LogP contribution is 2.71. The van der Waals surface area contributed by atoms with Crippen LogP contribution in [0.25, 0.3) is 0 Å². The van der Waals surface area contributed by atoms with Crippen LogP contribution in [0.4, 0.5) is 4.79 Å². The standard InChI is InChI=1S/C21H31N3O4/c1-20(2,3)28-19(27)24-10-6-12(7-11-24)23-18(26)16-14-5-4-13(15(16)17(22)25)21(14)8-9-21/h4-5,12-16H,6-11H2,1-3H3,(H2,22,25)(H,23,26)/t13-,14+,15?,16?/m0/s1. The number of nitrogens with zero attached hydrogens (tertiary/aromatic N) is 1. The van der Waals surface area contributed by atoms with E-state index in [9.17, 15) is 14.4 Å². The molecule has 28 heavy (non-hydrogen) atoms. The topological polar surface area (TPSA) is 102 Å². The molecule has 1 saturated heterocycles. The summed E-state index contributed by atoms with van der Waals surface area (Å²) in [4.78, 5) is 39.1. The molecule has 0 aromatic heterocycles. The van der Waals surface area contributed by atoms with Gasteiger partial charge in [-0.05, 0) is 63.7 Å². The minimum Gasteiger partial charge on any atom is -0.444 e. The minimum atomic E-state index is -0.514. The third-order valence-electron chi connectivity index (χ3n) is 6.97. The third-order valence-corrected chi connectivity index (χ3v) is 6.97. The summed E-state index contributed by atoms with van der Waals surface area (Å²) in [5, 5.41) is 3.14. The second-order valence-corrected chi connectivity index (χ2v) is 9.87. The first-order valence-corrected chi connectivity index (χ1v) is 10.4. The maximum absolute atomic E-state index is 13.1. The summed E-state index contributed by atoms with van der Waals surface area (Å²) in [6.07, 6.45) is 7.47. The third kappa shape index (κ3) is 3.18. The number of primary amides is 1. The maximum atomic E-state index is 13.1. The zero-order chi connectivity index (χ0) is 20.3. The molecule has 7 heteroatoms. The Balaban J connectivity index is 1.35. The predicted molar refractivity (Wildman–Crippen MR) is 103 cm³/mol. The summed E-state index contributed by atoms with van der Waals surface area (Å²) in [5.41, 5.74) is 5.28. The quantitative estimate of drug-likeness (QED) is 0.719. The van der Waals surface area contributed by atoms with Crippen LogP contribution in [0.3, 0.4) is 0 Å². The summed E-state index contributed by atoms with van der Waals surface area (Å²) in [7, 11) is 0. The van der Waals surface area contributed by atoms with Gasteiger partial charge in [-0.1, -0.05) is 12.2 Å². The number of carbonyl (C=O) groups is 3. The van der Waals surface area contributed by atoms with Crippen LogP contribution in [-0.2, 0) is 14.3 Å². The largest absolute Gasteiger partial charge is 0.444 e. The van der Waals surface area contributed by atoms with Crippen molar-refractivity contribution in [3.05, 3.63) is 12.2 Å². The van der Waals surface area contributed by atoms with E-state index in [2.05, 4.69) is 17.5 Å². The van der Waals surface area contributed by atoms with Crippen LogP contribution in [0.15, 0.2) is 12.2 Å². The van der Waals surface area contributed by atoms with E-state index < -0.39 is 5.60 Å². The number of allylic oxidation sites excluding steroid dienone is 2. The zero-order valence-electron chi connectivity index (χ0n) is 16.9. The lowest BCUT2D eigenvalue weighted by Gasteiger charge is -2.35. The fourth-order valence-electron chi connectivity index (χ4n) is 5.57. The number of nitrogens with one attached hydrogen (secondary N) is 1. The van der Waals surface area contributed by atoms with Gasteiger partial charge in [-0.15, -0.1) is 0 Å². The van der Waals surface area contributed by atoms with Crippen molar-refractivity contribution in [2.45, 2.75) is 58.1 Å². The Bertz CT molecular complexity index is 714. The van der Waals surface area contributed by atoms with E-state index in [1.165, 1.54) is 0 Å². The summed E-state index contributed by atoms with van der Waals surface area (Å²) in [6.45, 7) is 6.66. The van der Waals surface area contributed by atoms with Gasteiger partial charge in [-0.2, -0.15) is 0 Å². The van der Waals surface area contributed by atoms with Crippen molar-refractivity contribution >= 4 is 17.9 Å². The molecule has 0 aromatic carbocycles. The summed E-state index contributed by atoms with van der Waals surface area (Å²) >= 11 is 0. The maximum Gasteiger partial charge on any atom is 0.410 e. The number of amides is 3. The highest BCUT2D eigenvalue weighted by Gasteiger charge is 2.69. The lowest BCUT2D eigenvalue weighted by molar-refractivity contribution is -0.134. The van der Waals surface area contributed by atoms with Crippen LogP contribution in [0, 0.1) is 29.1 Å². The molecule has 4 rings (SSSR count). The fraction of sp³-hybridized carbons (Fsp3) is 0.762. The second kappa shape index (κ2) is 6.49. The van der Waals surface area contributed by atoms with Crippen molar-refractivity contribution in [3.8, 4) is 0 Å². The van der Waals surface area contributed by atoms with Crippen molar-refractivity contribution in [1.82, 2.24) is 10.2 Å². The van der Waals surface area contributed by atoms with Crippen molar-refractivity contribution in [1.29, 1.82) is 0 Å². The molecule has 3 N–H and O–H groups in total. The Morgan fingerprint density at radius 3 is 2.14 bits per heavy atom. The molecule has 154 valence electrons. The first-order chi connectivity index (χ1) is 13.1. The van der Waals surface area contributed by atoms with Gasteiger partial charge < -0.3 is 20.7 Å². The number of likely N-dealkylation sites (tertiary alicyclic amines) is 1. The van der Waals surface area contributed by atoms with Gasteiger partial charge >= 0.3 is 6.09 Å². The minimum absolute atomic E-state index is 0.0120. The summed E-state index contributed by atoms with van der Waals surface area (Å²) < 4.78 is 5.42. The first kappa shape index (κ1) is 19.3. The Kier molecular flexibility index (Phi) is 4.47. The Morgan fingerprint density at radius 1 is 1.07 bits per heavy atom. The molecule has 1 aliphatic heterocycles. The average molecular weight is 389 g/mol.